The van der Waals surface area contributed by atoms with Crippen molar-refractivity contribution in [1.29, 1.82) is 0 Å². The van der Waals surface area contributed by atoms with E-state index in [1.54, 1.807) is 0 Å². The normalized spacial score (nSPS) is 19.4. The van der Waals surface area contributed by atoms with E-state index in [-0.39, 0.29) is 17.7 Å². The summed E-state index contributed by atoms with van der Waals surface area (Å²) in [6.07, 6.45) is 6.89. The van der Waals surface area contributed by atoms with Gasteiger partial charge in [0.1, 0.15) is 0 Å². The second-order valence-corrected chi connectivity index (χ2v) is 8.37. The Morgan fingerprint density at radius 1 is 1.17 bits per heavy atom. The lowest BCUT2D eigenvalue weighted by molar-refractivity contribution is -0.121. The van der Waals surface area contributed by atoms with Crippen LogP contribution in [0.2, 0.25) is 0 Å². The van der Waals surface area contributed by atoms with E-state index in [0.29, 0.717) is 6.54 Å². The molecule has 0 radical (unpaired) electrons. The number of rotatable bonds is 3. The van der Waals surface area contributed by atoms with Crippen LogP contribution in [0.25, 0.3) is 16.6 Å². The van der Waals surface area contributed by atoms with Gasteiger partial charge in [0.05, 0.1) is 17.0 Å². The molecule has 1 atom stereocenters. The fraction of sp³-hybridized carbons (Fsp3) is 0.333. The Bertz CT molecular complexity index is 1120. The minimum atomic E-state index is -0.0181. The van der Waals surface area contributed by atoms with Gasteiger partial charge in [0.25, 0.3) is 5.91 Å². The Morgan fingerprint density at radius 3 is 2.80 bits per heavy atom. The smallest absolute Gasteiger partial charge is 0.253 e. The van der Waals surface area contributed by atoms with Crippen molar-refractivity contribution in [2.24, 2.45) is 5.92 Å². The molecule has 2 aliphatic rings. The molecule has 1 aromatic carbocycles. The van der Waals surface area contributed by atoms with E-state index < -0.39 is 0 Å². The van der Waals surface area contributed by atoms with Crippen molar-refractivity contribution < 1.29 is 9.59 Å². The molecule has 6 nitrogen and oxygen atoms in total. The van der Waals surface area contributed by atoms with Crippen molar-refractivity contribution in [3.63, 3.8) is 0 Å². The zero-order chi connectivity index (χ0) is 20.7. The lowest BCUT2D eigenvalue weighted by Gasteiger charge is -2.28. The number of aromatic nitrogens is 1. The minimum Gasteiger partial charge on any atom is -0.352 e. The molecule has 0 unspecified atom stereocenters. The Morgan fingerprint density at radius 2 is 2.00 bits per heavy atom. The fourth-order valence-electron chi connectivity index (χ4n) is 4.73. The minimum absolute atomic E-state index is 0.0181. The van der Waals surface area contributed by atoms with Crippen LogP contribution in [0.1, 0.15) is 28.8 Å². The van der Waals surface area contributed by atoms with Gasteiger partial charge >= 0.3 is 0 Å². The average molecular weight is 402 g/mol. The number of piperidine rings is 1. The van der Waals surface area contributed by atoms with Crippen molar-refractivity contribution in [1.82, 2.24) is 14.6 Å². The first kappa shape index (κ1) is 18.9. The second kappa shape index (κ2) is 7.61. The van der Waals surface area contributed by atoms with Crippen LogP contribution in [-0.2, 0) is 11.2 Å². The molecule has 5 rings (SSSR count). The lowest BCUT2D eigenvalue weighted by Crippen LogP contribution is -2.38. The van der Waals surface area contributed by atoms with Crippen LogP contribution in [0.4, 0.5) is 5.69 Å². The van der Waals surface area contributed by atoms with Crippen molar-refractivity contribution >= 4 is 23.0 Å². The molecular weight excluding hydrogens is 376 g/mol. The number of nitrogens with zero attached hydrogens (tertiary/aromatic N) is 2. The van der Waals surface area contributed by atoms with Gasteiger partial charge in [0, 0.05) is 36.7 Å². The Balaban J connectivity index is 1.41. The van der Waals surface area contributed by atoms with Crippen LogP contribution in [0.5, 0.6) is 0 Å². The molecule has 4 heterocycles. The molecule has 2 amide bonds. The van der Waals surface area contributed by atoms with Gasteiger partial charge in [-0.3, -0.25) is 9.59 Å². The number of hydrogen-bond acceptors (Lipinski definition) is 3. The molecule has 6 heteroatoms. The van der Waals surface area contributed by atoms with E-state index in [0.717, 1.165) is 60.2 Å². The molecule has 1 saturated heterocycles. The van der Waals surface area contributed by atoms with Gasteiger partial charge in [0.2, 0.25) is 5.91 Å². The number of carbonyl (C=O) groups excluding carboxylic acids is 2. The highest BCUT2D eigenvalue weighted by atomic mass is 16.2. The second-order valence-electron chi connectivity index (χ2n) is 8.37. The number of nitrogens with one attached hydrogen (secondary N) is 2. The molecular formula is C24H26N4O2. The molecule has 154 valence electrons. The summed E-state index contributed by atoms with van der Waals surface area (Å²) < 4.78 is 2.04. The van der Waals surface area contributed by atoms with Crippen LogP contribution in [0.3, 0.4) is 0 Å². The van der Waals surface area contributed by atoms with E-state index in [2.05, 4.69) is 28.8 Å². The fourth-order valence-corrected chi connectivity index (χ4v) is 4.73. The number of pyridine rings is 1. The molecule has 2 aromatic heterocycles. The summed E-state index contributed by atoms with van der Waals surface area (Å²) in [6, 6.07) is 11.8. The van der Waals surface area contributed by atoms with Gasteiger partial charge in [-0.25, -0.2) is 0 Å². The SMILES string of the molecule is CN1CCC[C@H](C(=O)Nc2ccc(-c3cn4cccc5c4c3CCNC5=O)cc2)C1. The highest BCUT2D eigenvalue weighted by molar-refractivity contribution is 6.03. The number of anilines is 1. The number of likely N-dealkylation sites (tertiary alicyclic amines) is 1. The van der Waals surface area contributed by atoms with Crippen LogP contribution < -0.4 is 10.6 Å². The third-order valence-electron chi connectivity index (χ3n) is 6.27. The Labute approximate surface area is 175 Å². The van der Waals surface area contributed by atoms with Crippen molar-refractivity contribution in [3.8, 4) is 11.1 Å². The van der Waals surface area contributed by atoms with Gasteiger partial charge in [-0.1, -0.05) is 12.1 Å². The summed E-state index contributed by atoms with van der Waals surface area (Å²) in [5.74, 6) is 0.136. The summed E-state index contributed by atoms with van der Waals surface area (Å²) in [4.78, 5) is 27.2. The first-order valence-corrected chi connectivity index (χ1v) is 10.6. The third kappa shape index (κ3) is 3.37. The van der Waals surface area contributed by atoms with Gasteiger partial charge < -0.3 is 19.9 Å². The molecule has 2 aliphatic heterocycles. The van der Waals surface area contributed by atoms with Crippen molar-refractivity contribution in [3.05, 3.63) is 59.9 Å². The number of benzene rings is 1. The monoisotopic (exact) mass is 402 g/mol. The van der Waals surface area contributed by atoms with Gasteiger partial charge in [-0.05, 0) is 68.2 Å². The largest absolute Gasteiger partial charge is 0.352 e. The van der Waals surface area contributed by atoms with E-state index in [4.69, 9.17) is 0 Å². The molecule has 2 N–H and O–H groups in total. The highest BCUT2D eigenvalue weighted by Crippen LogP contribution is 2.33. The Kier molecular flexibility index (Phi) is 4.79. The van der Waals surface area contributed by atoms with E-state index in [1.807, 2.05) is 47.0 Å². The molecule has 1 fully saturated rings. The van der Waals surface area contributed by atoms with E-state index in [9.17, 15) is 9.59 Å². The standard InChI is InChI=1S/C24H26N4O2/c1-27-12-2-4-17(14-27)23(29)26-18-8-6-16(7-9-18)21-15-28-13-3-5-20-22(28)19(21)10-11-25-24(20)30/h3,5-9,13,15,17H,2,4,10-12,14H2,1H3,(H,25,30)(H,26,29)/t17-/m0/s1. The van der Waals surface area contributed by atoms with Crippen molar-refractivity contribution in [2.75, 3.05) is 32.0 Å². The number of hydrogen-bond donors (Lipinski definition) is 2. The maximum atomic E-state index is 12.6. The van der Waals surface area contributed by atoms with Crippen LogP contribution >= 0.6 is 0 Å². The quantitative estimate of drug-likeness (QED) is 0.707. The van der Waals surface area contributed by atoms with Crippen LogP contribution in [0, 0.1) is 5.92 Å². The lowest BCUT2D eigenvalue weighted by atomic mass is 9.97. The summed E-state index contributed by atoms with van der Waals surface area (Å²) in [5.41, 5.74) is 5.93. The molecule has 0 aliphatic carbocycles. The van der Waals surface area contributed by atoms with E-state index >= 15 is 0 Å². The maximum Gasteiger partial charge on any atom is 0.253 e. The molecule has 0 spiro atoms. The summed E-state index contributed by atoms with van der Waals surface area (Å²) in [5, 5.41) is 6.05. The zero-order valence-corrected chi connectivity index (χ0v) is 17.1. The zero-order valence-electron chi connectivity index (χ0n) is 17.1. The number of amides is 2. The maximum absolute atomic E-state index is 12.6. The summed E-state index contributed by atoms with van der Waals surface area (Å²) in [6.45, 7) is 2.51. The highest BCUT2D eigenvalue weighted by Gasteiger charge is 2.24. The van der Waals surface area contributed by atoms with Gasteiger partial charge in [0.15, 0.2) is 0 Å². The van der Waals surface area contributed by atoms with Gasteiger partial charge in [-0.2, -0.15) is 0 Å². The summed E-state index contributed by atoms with van der Waals surface area (Å²) >= 11 is 0. The molecule has 30 heavy (non-hydrogen) atoms. The van der Waals surface area contributed by atoms with Crippen LogP contribution in [0.15, 0.2) is 48.8 Å². The van der Waals surface area contributed by atoms with Gasteiger partial charge in [-0.15, -0.1) is 0 Å². The van der Waals surface area contributed by atoms with E-state index in [1.165, 1.54) is 5.56 Å². The topological polar surface area (TPSA) is 65.8 Å². The van der Waals surface area contributed by atoms with Crippen LogP contribution in [-0.4, -0.2) is 47.8 Å². The predicted octanol–water partition coefficient (Wildman–Crippen LogP) is 3.17. The first-order chi connectivity index (χ1) is 14.6. The van der Waals surface area contributed by atoms with Crippen molar-refractivity contribution in [2.45, 2.75) is 19.3 Å². The number of carbonyl (C=O) groups is 2. The Hall–Kier alpha value is -3.12. The first-order valence-electron chi connectivity index (χ1n) is 10.6. The molecule has 3 aromatic rings. The molecule has 0 bridgehead atoms. The third-order valence-corrected chi connectivity index (χ3v) is 6.27. The predicted molar refractivity (Wildman–Crippen MR) is 118 cm³/mol. The summed E-state index contributed by atoms with van der Waals surface area (Å²) in [7, 11) is 2.07. The average Bonchev–Trinajstić information content (AvgIpc) is 3.03. The molecule has 0 saturated carbocycles.